The SMILES string of the molecule is CCCCCCNS(=O)(=O)c1ccc(NC(=O)CCNS(=O)(=O)c2ccc(Cl)cc2)cc1. The topological polar surface area (TPSA) is 121 Å². The maximum atomic E-state index is 12.3. The lowest BCUT2D eigenvalue weighted by molar-refractivity contribution is -0.116. The lowest BCUT2D eigenvalue weighted by Crippen LogP contribution is -2.27. The number of benzene rings is 2. The maximum absolute atomic E-state index is 12.3. The van der Waals surface area contributed by atoms with E-state index in [4.69, 9.17) is 11.6 Å². The van der Waals surface area contributed by atoms with E-state index >= 15 is 0 Å². The van der Waals surface area contributed by atoms with Crippen LogP contribution in [0.15, 0.2) is 58.3 Å². The number of carbonyl (C=O) groups is 1. The molecule has 0 saturated carbocycles. The van der Waals surface area contributed by atoms with Gasteiger partial charge in [-0.05, 0) is 55.0 Å². The monoisotopic (exact) mass is 501 g/mol. The van der Waals surface area contributed by atoms with E-state index in [-0.39, 0.29) is 22.8 Å². The molecule has 32 heavy (non-hydrogen) atoms. The van der Waals surface area contributed by atoms with E-state index < -0.39 is 26.0 Å². The van der Waals surface area contributed by atoms with Crippen molar-refractivity contribution in [3.63, 3.8) is 0 Å². The first-order chi connectivity index (χ1) is 15.1. The number of anilines is 1. The van der Waals surface area contributed by atoms with Gasteiger partial charge in [0.05, 0.1) is 9.79 Å². The summed E-state index contributed by atoms with van der Waals surface area (Å²) in [6.45, 7) is 2.38. The molecule has 3 N–H and O–H groups in total. The van der Waals surface area contributed by atoms with Gasteiger partial charge in [0, 0.05) is 30.2 Å². The maximum Gasteiger partial charge on any atom is 0.240 e. The zero-order valence-corrected chi connectivity index (χ0v) is 20.2. The van der Waals surface area contributed by atoms with Gasteiger partial charge < -0.3 is 5.32 Å². The molecule has 176 valence electrons. The van der Waals surface area contributed by atoms with Crippen LogP contribution in [-0.2, 0) is 24.8 Å². The second kappa shape index (κ2) is 12.3. The Balaban J connectivity index is 1.81. The van der Waals surface area contributed by atoms with Crippen LogP contribution in [0.2, 0.25) is 5.02 Å². The summed E-state index contributed by atoms with van der Waals surface area (Å²) in [7, 11) is -7.34. The molecule has 0 fully saturated rings. The van der Waals surface area contributed by atoms with E-state index in [0.29, 0.717) is 17.3 Å². The van der Waals surface area contributed by atoms with Crippen LogP contribution in [0.4, 0.5) is 5.69 Å². The fraction of sp³-hybridized carbons (Fsp3) is 0.381. The van der Waals surface area contributed by atoms with Crippen LogP contribution in [0.25, 0.3) is 0 Å². The first kappa shape index (κ1) is 26.3. The van der Waals surface area contributed by atoms with Crippen LogP contribution in [0.1, 0.15) is 39.0 Å². The Kier molecular flexibility index (Phi) is 10.1. The van der Waals surface area contributed by atoms with Crippen LogP contribution >= 0.6 is 11.6 Å². The second-order valence-electron chi connectivity index (χ2n) is 7.13. The highest BCUT2D eigenvalue weighted by Crippen LogP contribution is 2.15. The number of carbonyl (C=O) groups excluding carboxylic acids is 1. The summed E-state index contributed by atoms with van der Waals surface area (Å²) in [4.78, 5) is 12.3. The Bertz CT molecular complexity index is 1090. The summed E-state index contributed by atoms with van der Waals surface area (Å²) in [6, 6.07) is 11.5. The highest BCUT2D eigenvalue weighted by Gasteiger charge is 2.15. The molecule has 0 radical (unpaired) electrons. The molecule has 0 unspecified atom stereocenters. The average Bonchev–Trinajstić information content (AvgIpc) is 2.74. The van der Waals surface area contributed by atoms with Gasteiger partial charge in [-0.15, -0.1) is 0 Å². The highest BCUT2D eigenvalue weighted by atomic mass is 35.5. The summed E-state index contributed by atoms with van der Waals surface area (Å²) < 4.78 is 53.9. The first-order valence-corrected chi connectivity index (χ1v) is 13.6. The van der Waals surface area contributed by atoms with Gasteiger partial charge in [0.15, 0.2) is 0 Å². The van der Waals surface area contributed by atoms with Crippen LogP contribution in [0.5, 0.6) is 0 Å². The Hall–Kier alpha value is -1.98. The number of halogens is 1. The summed E-state index contributed by atoms with van der Waals surface area (Å²) in [5.74, 6) is -0.409. The molecule has 0 heterocycles. The number of unbranched alkanes of at least 4 members (excludes halogenated alkanes) is 3. The Labute approximate surface area is 194 Å². The molecule has 0 aliphatic carbocycles. The molecule has 11 heteroatoms. The predicted molar refractivity (Wildman–Crippen MR) is 126 cm³/mol. The molecule has 8 nitrogen and oxygen atoms in total. The molecule has 2 aromatic carbocycles. The zero-order valence-electron chi connectivity index (χ0n) is 17.8. The smallest absolute Gasteiger partial charge is 0.240 e. The summed E-state index contributed by atoms with van der Waals surface area (Å²) in [5, 5.41) is 3.04. The molecule has 0 atom stereocenters. The van der Waals surface area contributed by atoms with Gasteiger partial charge in [-0.1, -0.05) is 37.8 Å². The van der Waals surface area contributed by atoms with Gasteiger partial charge in [-0.3, -0.25) is 4.79 Å². The number of rotatable bonds is 13. The van der Waals surface area contributed by atoms with Crippen LogP contribution < -0.4 is 14.8 Å². The highest BCUT2D eigenvalue weighted by molar-refractivity contribution is 7.89. The molecule has 0 aliphatic rings. The van der Waals surface area contributed by atoms with Crippen molar-refractivity contribution in [1.82, 2.24) is 9.44 Å². The van der Waals surface area contributed by atoms with Crippen molar-refractivity contribution in [1.29, 1.82) is 0 Å². The van der Waals surface area contributed by atoms with E-state index in [1.165, 1.54) is 48.5 Å². The molecular weight excluding hydrogens is 474 g/mol. The molecule has 1 amide bonds. The fourth-order valence-corrected chi connectivity index (χ4v) is 5.01. The second-order valence-corrected chi connectivity index (χ2v) is 11.1. The van der Waals surface area contributed by atoms with Crippen molar-refractivity contribution in [2.75, 3.05) is 18.4 Å². The Morgan fingerprint density at radius 1 is 0.781 bits per heavy atom. The molecule has 2 aromatic rings. The number of hydrogen-bond donors (Lipinski definition) is 3. The van der Waals surface area contributed by atoms with Gasteiger partial charge in [-0.25, -0.2) is 26.3 Å². The molecule has 2 rings (SSSR count). The van der Waals surface area contributed by atoms with Crippen molar-refractivity contribution < 1.29 is 21.6 Å². The third kappa shape index (κ3) is 8.51. The standard InChI is InChI=1S/C21H28ClN3O5S2/c1-2-3-4-5-15-23-31(27,28)20-12-8-18(9-13-20)25-21(26)14-16-24-32(29,30)19-10-6-17(22)7-11-19/h6-13,23-24H,2-5,14-16H2,1H3,(H,25,26). The first-order valence-electron chi connectivity index (χ1n) is 10.3. The van der Waals surface area contributed by atoms with Gasteiger partial charge in [-0.2, -0.15) is 0 Å². The lowest BCUT2D eigenvalue weighted by Gasteiger charge is -2.09. The molecule has 0 saturated heterocycles. The summed E-state index contributed by atoms with van der Waals surface area (Å²) in [6.07, 6.45) is 3.81. The van der Waals surface area contributed by atoms with E-state index in [9.17, 15) is 21.6 Å². The van der Waals surface area contributed by atoms with Crippen molar-refractivity contribution in [2.24, 2.45) is 0 Å². The van der Waals surface area contributed by atoms with Gasteiger partial charge in [0.25, 0.3) is 0 Å². The van der Waals surface area contributed by atoms with Crippen molar-refractivity contribution in [3.05, 3.63) is 53.6 Å². The lowest BCUT2D eigenvalue weighted by atomic mass is 10.2. The minimum absolute atomic E-state index is 0.0538. The quantitative estimate of drug-likeness (QED) is 0.362. The number of amides is 1. The summed E-state index contributed by atoms with van der Waals surface area (Å²) in [5.41, 5.74) is 0.414. The predicted octanol–water partition coefficient (Wildman–Crippen LogP) is 3.51. The van der Waals surface area contributed by atoms with Crippen LogP contribution in [0.3, 0.4) is 0 Å². The van der Waals surface area contributed by atoms with Crippen molar-refractivity contribution >= 4 is 43.2 Å². The van der Waals surface area contributed by atoms with Gasteiger partial charge >= 0.3 is 0 Å². The number of hydrogen-bond acceptors (Lipinski definition) is 5. The fourth-order valence-electron chi connectivity index (χ4n) is 2.78. The zero-order chi connectivity index (χ0) is 23.6. The third-order valence-electron chi connectivity index (χ3n) is 4.54. The third-order valence-corrected chi connectivity index (χ3v) is 7.74. The minimum atomic E-state index is -3.74. The largest absolute Gasteiger partial charge is 0.326 e. The van der Waals surface area contributed by atoms with Crippen molar-refractivity contribution in [3.8, 4) is 0 Å². The van der Waals surface area contributed by atoms with Crippen LogP contribution in [0, 0.1) is 0 Å². The molecular formula is C21H28ClN3O5S2. The molecule has 0 aromatic heterocycles. The van der Waals surface area contributed by atoms with E-state index in [2.05, 4.69) is 21.7 Å². The Morgan fingerprint density at radius 2 is 1.31 bits per heavy atom. The molecule has 0 bridgehead atoms. The normalized spacial score (nSPS) is 11.9. The van der Waals surface area contributed by atoms with Gasteiger partial charge in [0.1, 0.15) is 0 Å². The van der Waals surface area contributed by atoms with Crippen molar-refractivity contribution in [2.45, 2.75) is 48.8 Å². The molecule has 0 aliphatic heterocycles. The van der Waals surface area contributed by atoms with Gasteiger partial charge in [0.2, 0.25) is 26.0 Å². The summed E-state index contributed by atoms with van der Waals surface area (Å²) >= 11 is 5.75. The number of nitrogens with one attached hydrogen (secondary N) is 3. The number of sulfonamides is 2. The van der Waals surface area contributed by atoms with E-state index in [1.807, 2.05) is 0 Å². The average molecular weight is 502 g/mol. The Morgan fingerprint density at radius 3 is 1.88 bits per heavy atom. The van der Waals surface area contributed by atoms with E-state index in [1.54, 1.807) is 0 Å². The minimum Gasteiger partial charge on any atom is -0.326 e. The molecule has 0 spiro atoms. The van der Waals surface area contributed by atoms with E-state index in [0.717, 1.165) is 25.7 Å². The van der Waals surface area contributed by atoms with Crippen LogP contribution in [-0.4, -0.2) is 35.8 Å².